The van der Waals surface area contributed by atoms with E-state index in [1.165, 1.54) is 6.20 Å². The number of benzene rings is 1. The van der Waals surface area contributed by atoms with Crippen LogP contribution in [0.25, 0.3) is 0 Å². The minimum atomic E-state index is -0.182. The average Bonchev–Trinajstić information content (AvgIpc) is 2.38. The van der Waals surface area contributed by atoms with Crippen molar-refractivity contribution >= 4 is 11.6 Å². The minimum Gasteiger partial charge on any atom is -0.397 e. The molecule has 0 saturated carbocycles. The topological polar surface area (TPSA) is 68.0 Å². The lowest BCUT2D eigenvalue weighted by atomic mass is 10.1. The molecule has 0 fully saturated rings. The van der Waals surface area contributed by atoms with Gasteiger partial charge in [-0.3, -0.25) is 9.78 Å². The lowest BCUT2D eigenvalue weighted by Gasteiger charge is -2.08. The number of pyridine rings is 1. The van der Waals surface area contributed by atoms with E-state index < -0.39 is 0 Å². The SMILES string of the molecule is Cc1ccccc1CNC(=O)c1ccncc1N. The summed E-state index contributed by atoms with van der Waals surface area (Å²) in [7, 11) is 0. The van der Waals surface area contributed by atoms with E-state index >= 15 is 0 Å². The molecule has 1 heterocycles. The molecule has 0 radical (unpaired) electrons. The van der Waals surface area contributed by atoms with Crippen LogP contribution in [0.2, 0.25) is 0 Å². The van der Waals surface area contributed by atoms with Gasteiger partial charge in [-0.2, -0.15) is 0 Å². The monoisotopic (exact) mass is 241 g/mol. The van der Waals surface area contributed by atoms with Crippen molar-refractivity contribution in [1.82, 2.24) is 10.3 Å². The van der Waals surface area contributed by atoms with Gasteiger partial charge in [-0.25, -0.2) is 0 Å². The summed E-state index contributed by atoms with van der Waals surface area (Å²) in [6, 6.07) is 9.55. The molecule has 0 aliphatic heterocycles. The van der Waals surface area contributed by atoms with Crippen LogP contribution in [0.1, 0.15) is 21.5 Å². The first-order valence-corrected chi connectivity index (χ1v) is 5.70. The summed E-state index contributed by atoms with van der Waals surface area (Å²) in [5.74, 6) is -0.182. The highest BCUT2D eigenvalue weighted by Gasteiger charge is 2.09. The van der Waals surface area contributed by atoms with Gasteiger partial charge < -0.3 is 11.1 Å². The fourth-order valence-electron chi connectivity index (χ4n) is 1.69. The first kappa shape index (κ1) is 12.1. The van der Waals surface area contributed by atoms with Gasteiger partial charge in [-0.1, -0.05) is 24.3 Å². The number of nitrogen functional groups attached to an aromatic ring is 1. The average molecular weight is 241 g/mol. The fraction of sp³-hybridized carbons (Fsp3) is 0.143. The number of rotatable bonds is 3. The number of aromatic nitrogens is 1. The Kier molecular flexibility index (Phi) is 3.57. The van der Waals surface area contributed by atoms with E-state index in [1.54, 1.807) is 12.3 Å². The van der Waals surface area contributed by atoms with Crippen molar-refractivity contribution in [2.24, 2.45) is 0 Å². The predicted molar refractivity (Wildman–Crippen MR) is 71.0 cm³/mol. The van der Waals surface area contributed by atoms with Gasteiger partial charge in [-0.15, -0.1) is 0 Å². The Morgan fingerprint density at radius 1 is 1.33 bits per heavy atom. The van der Waals surface area contributed by atoms with Crippen molar-refractivity contribution in [2.75, 3.05) is 5.73 Å². The third kappa shape index (κ3) is 2.66. The second kappa shape index (κ2) is 5.31. The zero-order valence-electron chi connectivity index (χ0n) is 10.2. The summed E-state index contributed by atoms with van der Waals surface area (Å²) in [4.78, 5) is 15.8. The van der Waals surface area contributed by atoms with E-state index in [0.717, 1.165) is 11.1 Å². The molecule has 0 saturated heterocycles. The van der Waals surface area contributed by atoms with Crippen molar-refractivity contribution in [2.45, 2.75) is 13.5 Å². The number of nitrogens with zero attached hydrogens (tertiary/aromatic N) is 1. The third-order valence-corrected chi connectivity index (χ3v) is 2.80. The van der Waals surface area contributed by atoms with Crippen LogP contribution >= 0.6 is 0 Å². The van der Waals surface area contributed by atoms with E-state index in [1.807, 2.05) is 31.2 Å². The van der Waals surface area contributed by atoms with Crippen molar-refractivity contribution in [1.29, 1.82) is 0 Å². The van der Waals surface area contributed by atoms with E-state index in [4.69, 9.17) is 5.73 Å². The van der Waals surface area contributed by atoms with E-state index in [9.17, 15) is 4.79 Å². The quantitative estimate of drug-likeness (QED) is 0.862. The minimum absolute atomic E-state index is 0.182. The third-order valence-electron chi connectivity index (χ3n) is 2.80. The molecular weight excluding hydrogens is 226 g/mol. The van der Waals surface area contributed by atoms with Crippen molar-refractivity contribution < 1.29 is 4.79 Å². The molecule has 3 N–H and O–H groups in total. The molecule has 2 rings (SSSR count). The molecule has 0 unspecified atom stereocenters. The lowest BCUT2D eigenvalue weighted by Crippen LogP contribution is -2.24. The second-order valence-electron chi connectivity index (χ2n) is 4.07. The van der Waals surface area contributed by atoms with Crippen LogP contribution in [-0.4, -0.2) is 10.9 Å². The Bertz CT molecular complexity index is 566. The molecule has 0 aliphatic carbocycles. The van der Waals surface area contributed by atoms with Crippen LogP contribution in [-0.2, 0) is 6.54 Å². The van der Waals surface area contributed by atoms with Gasteiger partial charge in [0.05, 0.1) is 17.4 Å². The number of amides is 1. The Labute approximate surface area is 106 Å². The molecule has 1 amide bonds. The lowest BCUT2D eigenvalue weighted by molar-refractivity contribution is 0.0951. The number of nitrogens with one attached hydrogen (secondary N) is 1. The number of nitrogens with two attached hydrogens (primary N) is 1. The van der Waals surface area contributed by atoms with Gasteiger partial charge >= 0.3 is 0 Å². The molecule has 1 aromatic heterocycles. The maximum Gasteiger partial charge on any atom is 0.253 e. The number of carbonyl (C=O) groups excluding carboxylic acids is 1. The molecular formula is C14H15N3O. The van der Waals surface area contributed by atoms with Crippen LogP contribution in [0.15, 0.2) is 42.7 Å². The first-order valence-electron chi connectivity index (χ1n) is 5.70. The van der Waals surface area contributed by atoms with Crippen LogP contribution in [0.3, 0.4) is 0 Å². The maximum absolute atomic E-state index is 11.9. The molecule has 1 aromatic carbocycles. The van der Waals surface area contributed by atoms with E-state index in [2.05, 4.69) is 10.3 Å². The number of hydrogen-bond acceptors (Lipinski definition) is 3. The summed E-state index contributed by atoms with van der Waals surface area (Å²) in [6.45, 7) is 2.51. The second-order valence-corrected chi connectivity index (χ2v) is 4.07. The van der Waals surface area contributed by atoms with Gasteiger partial charge in [0.2, 0.25) is 0 Å². The Hall–Kier alpha value is -2.36. The van der Waals surface area contributed by atoms with Crippen molar-refractivity contribution in [3.8, 4) is 0 Å². The number of carbonyl (C=O) groups is 1. The van der Waals surface area contributed by atoms with Gasteiger partial charge in [0.15, 0.2) is 0 Å². The summed E-state index contributed by atoms with van der Waals surface area (Å²) in [5, 5.41) is 2.85. The predicted octanol–water partition coefficient (Wildman–Crippen LogP) is 1.90. The molecule has 0 aliphatic rings. The normalized spacial score (nSPS) is 10.1. The molecule has 18 heavy (non-hydrogen) atoms. The Morgan fingerprint density at radius 3 is 2.83 bits per heavy atom. The van der Waals surface area contributed by atoms with Crippen LogP contribution in [0.4, 0.5) is 5.69 Å². The smallest absolute Gasteiger partial charge is 0.253 e. The zero-order valence-corrected chi connectivity index (χ0v) is 10.2. The number of anilines is 1. The molecule has 0 bridgehead atoms. The van der Waals surface area contributed by atoms with Crippen LogP contribution in [0, 0.1) is 6.92 Å². The molecule has 0 spiro atoms. The van der Waals surface area contributed by atoms with Crippen LogP contribution < -0.4 is 11.1 Å². The van der Waals surface area contributed by atoms with Crippen molar-refractivity contribution in [3.63, 3.8) is 0 Å². The highest BCUT2D eigenvalue weighted by Crippen LogP contribution is 2.10. The van der Waals surface area contributed by atoms with Gasteiger partial charge in [0.25, 0.3) is 5.91 Å². The highest BCUT2D eigenvalue weighted by atomic mass is 16.1. The van der Waals surface area contributed by atoms with Crippen molar-refractivity contribution in [3.05, 3.63) is 59.4 Å². The molecule has 2 aromatic rings. The number of hydrogen-bond donors (Lipinski definition) is 2. The Balaban J connectivity index is 2.06. The van der Waals surface area contributed by atoms with Gasteiger partial charge in [0, 0.05) is 12.7 Å². The molecule has 4 heteroatoms. The first-order chi connectivity index (χ1) is 8.68. The van der Waals surface area contributed by atoms with E-state index in [-0.39, 0.29) is 5.91 Å². The zero-order chi connectivity index (χ0) is 13.0. The van der Waals surface area contributed by atoms with Gasteiger partial charge in [-0.05, 0) is 24.1 Å². The Morgan fingerprint density at radius 2 is 2.11 bits per heavy atom. The molecule has 4 nitrogen and oxygen atoms in total. The summed E-state index contributed by atoms with van der Waals surface area (Å²) in [5.41, 5.74) is 8.79. The molecule has 0 atom stereocenters. The van der Waals surface area contributed by atoms with Crippen LogP contribution in [0.5, 0.6) is 0 Å². The molecule has 92 valence electrons. The highest BCUT2D eigenvalue weighted by molar-refractivity contribution is 5.98. The summed E-state index contributed by atoms with van der Waals surface area (Å²) >= 11 is 0. The number of aryl methyl sites for hydroxylation is 1. The van der Waals surface area contributed by atoms with Gasteiger partial charge in [0.1, 0.15) is 0 Å². The summed E-state index contributed by atoms with van der Waals surface area (Å²) < 4.78 is 0. The fourth-order valence-corrected chi connectivity index (χ4v) is 1.69. The summed E-state index contributed by atoms with van der Waals surface area (Å²) in [6.07, 6.45) is 3.03. The largest absolute Gasteiger partial charge is 0.397 e. The standard InChI is InChI=1S/C14H15N3O/c1-10-4-2-3-5-11(10)8-17-14(18)12-6-7-16-9-13(12)15/h2-7,9H,8,15H2,1H3,(H,17,18). The van der Waals surface area contributed by atoms with E-state index in [0.29, 0.717) is 17.8 Å². The maximum atomic E-state index is 11.9.